The highest BCUT2D eigenvalue weighted by Crippen LogP contribution is 2.31. The number of hydrogen-bond acceptors (Lipinski definition) is 7. The lowest BCUT2D eigenvalue weighted by atomic mass is 10.1. The van der Waals surface area contributed by atoms with Crippen LogP contribution in [-0.4, -0.2) is 65.7 Å². The Morgan fingerprint density at radius 3 is 2.92 bits per heavy atom. The topological polar surface area (TPSA) is 122 Å². The lowest BCUT2D eigenvalue weighted by Gasteiger charge is -2.19. The highest BCUT2D eigenvalue weighted by molar-refractivity contribution is 7.89. The van der Waals surface area contributed by atoms with Crippen molar-refractivity contribution in [1.82, 2.24) is 29.4 Å². The molecule has 4 rings (SSSR count). The van der Waals surface area contributed by atoms with Gasteiger partial charge in [-0.1, -0.05) is 20.3 Å². The van der Waals surface area contributed by atoms with Gasteiger partial charge in [-0.3, -0.25) is 9.48 Å². The molecule has 1 aromatic carbocycles. The number of aromatic amines is 1. The minimum atomic E-state index is -4.73. The van der Waals surface area contributed by atoms with Crippen molar-refractivity contribution in [3.05, 3.63) is 34.2 Å². The fourth-order valence-electron chi connectivity index (χ4n) is 4.13. The molecule has 0 saturated carbocycles. The van der Waals surface area contributed by atoms with Gasteiger partial charge in [0.05, 0.1) is 22.8 Å². The number of H-pyrrole nitrogens is 1. The van der Waals surface area contributed by atoms with Crippen LogP contribution in [0.3, 0.4) is 0 Å². The van der Waals surface area contributed by atoms with Crippen molar-refractivity contribution in [3.8, 4) is 17.1 Å². The molecule has 1 unspecified atom stereocenters. The lowest BCUT2D eigenvalue weighted by molar-refractivity contribution is 0.297. The molecule has 10 nitrogen and oxygen atoms in total. The SMILES string of the molecule is [2H]C([2H])([2H])N1CCCC1C([2H])([2H])C([2H])([2H])NS(=O)(=O)c1ccc(OCCC)c(-c2nc3c(CCC)nn(C)c3c(=O)[nH]2)c1. The summed E-state index contributed by atoms with van der Waals surface area (Å²) in [7, 11) is -3.11. The molecule has 1 fully saturated rings. The maximum absolute atomic E-state index is 13.5. The highest BCUT2D eigenvalue weighted by atomic mass is 32.2. The molecule has 11 heteroatoms. The van der Waals surface area contributed by atoms with Crippen LogP contribution in [0.4, 0.5) is 0 Å². The molecule has 3 heterocycles. The second kappa shape index (κ2) is 11.1. The monoisotopic (exact) mass is 523 g/mol. The molecule has 0 radical (unpaired) electrons. The third-order valence-corrected chi connectivity index (χ3v) is 7.15. The van der Waals surface area contributed by atoms with Crippen molar-refractivity contribution in [3.63, 3.8) is 0 Å². The smallest absolute Gasteiger partial charge is 0.277 e. The zero-order valence-electron chi connectivity index (χ0n) is 27.6. The molecule has 36 heavy (non-hydrogen) atoms. The molecule has 0 bridgehead atoms. The predicted octanol–water partition coefficient (Wildman–Crippen LogP) is 2.83. The van der Waals surface area contributed by atoms with Gasteiger partial charge in [0.25, 0.3) is 5.56 Å². The Kier molecular flexibility index (Phi) is 5.70. The summed E-state index contributed by atoms with van der Waals surface area (Å²) in [4.78, 5) is 20.8. The first-order valence-electron chi connectivity index (χ1n) is 15.5. The average Bonchev–Trinajstić information content (AvgIpc) is 3.53. The van der Waals surface area contributed by atoms with Crippen molar-refractivity contribution < 1.29 is 22.7 Å². The number of ether oxygens (including phenoxy) is 1. The van der Waals surface area contributed by atoms with Crippen LogP contribution in [0.25, 0.3) is 22.4 Å². The normalized spacial score (nSPS) is 20.8. The summed E-state index contributed by atoms with van der Waals surface area (Å²) >= 11 is 0. The van der Waals surface area contributed by atoms with Gasteiger partial charge in [-0.25, -0.2) is 18.1 Å². The van der Waals surface area contributed by atoms with Crippen LogP contribution in [-0.2, 0) is 23.5 Å². The maximum atomic E-state index is 13.5. The van der Waals surface area contributed by atoms with Gasteiger partial charge in [0, 0.05) is 29.2 Å². The van der Waals surface area contributed by atoms with Gasteiger partial charge >= 0.3 is 0 Å². The van der Waals surface area contributed by atoms with Crippen LogP contribution in [0.15, 0.2) is 27.9 Å². The zero-order valence-corrected chi connectivity index (χ0v) is 21.4. The second-order valence-electron chi connectivity index (χ2n) is 8.66. The molecule has 0 aliphatic carbocycles. The minimum Gasteiger partial charge on any atom is -0.493 e. The molecule has 1 aliphatic rings. The molecular formula is C25H36N6O4S. The molecule has 0 spiro atoms. The van der Waals surface area contributed by atoms with Crippen molar-refractivity contribution in [1.29, 1.82) is 0 Å². The van der Waals surface area contributed by atoms with Gasteiger partial charge in [0.2, 0.25) is 10.0 Å². The first kappa shape index (κ1) is 18.5. The van der Waals surface area contributed by atoms with E-state index in [0.29, 0.717) is 30.5 Å². The fraction of sp³-hybridized carbons (Fsp3) is 0.560. The molecule has 1 aliphatic heterocycles. The average molecular weight is 524 g/mol. The molecule has 2 N–H and O–H groups in total. The quantitative estimate of drug-likeness (QED) is 0.396. The van der Waals surface area contributed by atoms with Crippen molar-refractivity contribution in [2.75, 3.05) is 26.6 Å². The Balaban J connectivity index is 1.78. The summed E-state index contributed by atoms with van der Waals surface area (Å²) in [6.07, 6.45) is -0.609. The minimum absolute atomic E-state index is 0.0172. The standard InChI is InChI=1S/C25H36N6O4S/c1-5-8-20-22-23(31(4)29-20)25(32)28-24(27-22)19-16-18(10-11-21(19)35-15-6-2)36(33,34)26-13-12-17-9-7-14-30(17)3/h10-11,16-17,26H,5-9,12-15H2,1-4H3,(H,27,28,32)/i3D3,12D2,13D2. The largest absolute Gasteiger partial charge is 0.493 e. The van der Waals surface area contributed by atoms with Crippen LogP contribution in [0.1, 0.15) is 61.2 Å². The number of rotatable bonds is 11. The van der Waals surface area contributed by atoms with E-state index in [1.807, 2.05) is 18.6 Å². The number of benzene rings is 1. The van der Waals surface area contributed by atoms with E-state index in [9.17, 15) is 13.2 Å². The summed E-state index contributed by atoms with van der Waals surface area (Å²) < 4.78 is 93.2. The lowest BCUT2D eigenvalue weighted by Crippen LogP contribution is -2.31. The van der Waals surface area contributed by atoms with Crippen LogP contribution in [0.2, 0.25) is 0 Å². The molecule has 0 amide bonds. The summed E-state index contributed by atoms with van der Waals surface area (Å²) in [5, 5.41) is 4.40. The number of nitrogens with zero attached hydrogens (tertiary/aromatic N) is 4. The van der Waals surface area contributed by atoms with Crippen molar-refractivity contribution >= 4 is 21.1 Å². The number of hydrogen-bond donors (Lipinski definition) is 2. The zero-order chi connectivity index (χ0) is 32.0. The van der Waals surface area contributed by atoms with Gasteiger partial charge in [0.1, 0.15) is 17.1 Å². The van der Waals surface area contributed by atoms with Crippen LogP contribution in [0.5, 0.6) is 5.75 Å². The van der Waals surface area contributed by atoms with Crippen molar-refractivity contribution in [2.45, 2.75) is 63.3 Å². The second-order valence-corrected chi connectivity index (χ2v) is 10.3. The third-order valence-electron chi connectivity index (χ3n) is 5.90. The van der Waals surface area contributed by atoms with Crippen LogP contribution >= 0.6 is 0 Å². The van der Waals surface area contributed by atoms with E-state index < -0.39 is 46.4 Å². The van der Waals surface area contributed by atoms with E-state index in [4.69, 9.17) is 14.3 Å². The van der Waals surface area contributed by atoms with E-state index in [2.05, 4.69) is 15.1 Å². The third kappa shape index (κ3) is 5.47. The Bertz CT molecular complexity index is 1660. The molecule has 1 saturated heterocycles. The molecule has 1 atom stereocenters. The van der Waals surface area contributed by atoms with E-state index in [-0.39, 0.29) is 42.2 Å². The summed E-state index contributed by atoms with van der Waals surface area (Å²) in [6.45, 7) is -1.72. The van der Waals surface area contributed by atoms with Gasteiger partial charge in [-0.15, -0.1) is 0 Å². The maximum Gasteiger partial charge on any atom is 0.277 e. The Labute approximate surface area is 222 Å². The summed E-state index contributed by atoms with van der Waals surface area (Å²) in [5.41, 5.74) is 0.833. The number of sulfonamides is 1. The number of aromatic nitrogens is 4. The number of fused-ring (bicyclic) bond motifs is 1. The number of aryl methyl sites for hydroxylation is 2. The first-order chi connectivity index (χ1) is 19.9. The molecule has 2 aromatic heterocycles. The summed E-state index contributed by atoms with van der Waals surface area (Å²) in [6, 6.07) is 2.31. The van der Waals surface area contributed by atoms with Crippen LogP contribution < -0.4 is 15.0 Å². The van der Waals surface area contributed by atoms with E-state index in [1.165, 1.54) is 22.9 Å². The fourth-order valence-corrected chi connectivity index (χ4v) is 4.97. The molecule has 196 valence electrons. The Morgan fingerprint density at radius 1 is 1.33 bits per heavy atom. The molecular weight excluding hydrogens is 480 g/mol. The predicted molar refractivity (Wildman–Crippen MR) is 140 cm³/mol. The highest BCUT2D eigenvalue weighted by Gasteiger charge is 2.23. The summed E-state index contributed by atoms with van der Waals surface area (Å²) in [5.74, 6) is 0.241. The van der Waals surface area contributed by atoms with Gasteiger partial charge < -0.3 is 14.6 Å². The van der Waals surface area contributed by atoms with Crippen LogP contribution in [0, 0.1) is 0 Å². The van der Waals surface area contributed by atoms with E-state index in [0.717, 1.165) is 11.3 Å². The van der Waals surface area contributed by atoms with Gasteiger partial charge in [-0.2, -0.15) is 5.10 Å². The van der Waals surface area contributed by atoms with E-state index in [1.54, 1.807) is 7.05 Å². The first-order valence-corrected chi connectivity index (χ1v) is 13.5. The van der Waals surface area contributed by atoms with Gasteiger partial charge in [0.15, 0.2) is 5.52 Å². The Hall–Kier alpha value is -2.76. The molecule has 3 aromatic rings. The van der Waals surface area contributed by atoms with E-state index >= 15 is 0 Å². The Morgan fingerprint density at radius 2 is 2.17 bits per heavy atom. The van der Waals surface area contributed by atoms with Crippen molar-refractivity contribution in [2.24, 2.45) is 7.05 Å². The van der Waals surface area contributed by atoms with Gasteiger partial charge in [-0.05, 0) is 63.8 Å². The number of likely N-dealkylation sites (tertiary alicyclic amines) is 1. The number of nitrogens with one attached hydrogen (secondary N) is 2.